The van der Waals surface area contributed by atoms with Crippen LogP contribution in [0.1, 0.15) is 37.4 Å². The van der Waals surface area contributed by atoms with Crippen molar-refractivity contribution in [1.82, 2.24) is 15.2 Å². The first kappa shape index (κ1) is 24.4. The Morgan fingerprint density at radius 3 is 2.46 bits per heavy atom. The Morgan fingerprint density at radius 1 is 1.06 bits per heavy atom. The number of methoxy groups -OCH3 is 1. The number of nitrogens with zero attached hydrogens (tertiary/aromatic N) is 3. The molecule has 0 spiro atoms. The van der Waals surface area contributed by atoms with Gasteiger partial charge in [0, 0.05) is 12.5 Å². The maximum atomic E-state index is 13.4. The van der Waals surface area contributed by atoms with Gasteiger partial charge in [-0.05, 0) is 61.0 Å². The first-order valence-electron chi connectivity index (χ1n) is 11.8. The fourth-order valence-electron chi connectivity index (χ4n) is 4.34. The number of ether oxygens (including phenoxy) is 1. The second-order valence-corrected chi connectivity index (χ2v) is 9.23. The molecular weight excluding hydrogens is 440 g/mol. The van der Waals surface area contributed by atoms with E-state index in [0.717, 1.165) is 33.4 Å². The van der Waals surface area contributed by atoms with E-state index in [9.17, 15) is 9.59 Å². The SMILES string of the molecule is COc1ccc(C2CC(c3ccc4ccccc4c3)=NN2C(=O)CN(C)CC(=O)NC(C)C)cc1. The third kappa shape index (κ3) is 5.87. The van der Waals surface area contributed by atoms with Gasteiger partial charge in [0.05, 0.1) is 32.0 Å². The molecule has 1 aliphatic heterocycles. The summed E-state index contributed by atoms with van der Waals surface area (Å²) in [5.41, 5.74) is 2.85. The molecule has 7 nitrogen and oxygen atoms in total. The molecule has 1 unspecified atom stereocenters. The average Bonchev–Trinajstić information content (AvgIpc) is 3.29. The summed E-state index contributed by atoms with van der Waals surface area (Å²) in [5.74, 6) is 0.501. The lowest BCUT2D eigenvalue weighted by Gasteiger charge is -2.25. The molecule has 2 amide bonds. The Balaban J connectivity index is 1.59. The largest absolute Gasteiger partial charge is 0.497 e. The zero-order valence-electron chi connectivity index (χ0n) is 20.7. The molecule has 182 valence electrons. The van der Waals surface area contributed by atoms with Crippen LogP contribution in [0.2, 0.25) is 0 Å². The number of benzene rings is 3. The monoisotopic (exact) mass is 472 g/mol. The fourth-order valence-corrected chi connectivity index (χ4v) is 4.34. The summed E-state index contributed by atoms with van der Waals surface area (Å²) in [6.07, 6.45) is 0.605. The first-order valence-corrected chi connectivity index (χ1v) is 11.8. The second kappa shape index (κ2) is 10.7. The van der Waals surface area contributed by atoms with E-state index in [4.69, 9.17) is 9.84 Å². The average molecular weight is 473 g/mol. The van der Waals surface area contributed by atoms with Gasteiger partial charge in [-0.2, -0.15) is 5.10 Å². The Labute approximate surface area is 206 Å². The molecular formula is C28H32N4O3. The van der Waals surface area contributed by atoms with Crippen molar-refractivity contribution in [3.63, 3.8) is 0 Å². The third-order valence-corrected chi connectivity index (χ3v) is 6.02. The minimum absolute atomic E-state index is 0.0544. The van der Waals surface area contributed by atoms with Crippen LogP contribution in [-0.2, 0) is 9.59 Å². The predicted octanol–water partition coefficient (Wildman–Crippen LogP) is 3.98. The van der Waals surface area contributed by atoms with E-state index in [-0.39, 0.29) is 37.0 Å². The molecule has 0 fully saturated rings. The molecule has 1 atom stereocenters. The van der Waals surface area contributed by atoms with Crippen LogP contribution in [0.3, 0.4) is 0 Å². The van der Waals surface area contributed by atoms with Crippen LogP contribution in [0.5, 0.6) is 5.75 Å². The van der Waals surface area contributed by atoms with Crippen molar-refractivity contribution in [3.8, 4) is 5.75 Å². The molecule has 1 heterocycles. The Hall–Kier alpha value is -3.71. The highest BCUT2D eigenvalue weighted by molar-refractivity contribution is 6.05. The highest BCUT2D eigenvalue weighted by Crippen LogP contribution is 2.34. The van der Waals surface area contributed by atoms with Crippen LogP contribution < -0.4 is 10.1 Å². The van der Waals surface area contributed by atoms with Crippen molar-refractivity contribution < 1.29 is 14.3 Å². The summed E-state index contributed by atoms with van der Waals surface area (Å²) in [4.78, 5) is 27.2. The number of carbonyl (C=O) groups excluding carboxylic acids is 2. The van der Waals surface area contributed by atoms with Gasteiger partial charge in [-0.15, -0.1) is 0 Å². The Kier molecular flexibility index (Phi) is 7.46. The molecule has 0 bridgehead atoms. The lowest BCUT2D eigenvalue weighted by atomic mass is 9.97. The molecule has 1 N–H and O–H groups in total. The summed E-state index contributed by atoms with van der Waals surface area (Å²) < 4.78 is 5.30. The number of hydrazone groups is 1. The third-order valence-electron chi connectivity index (χ3n) is 6.02. The summed E-state index contributed by atoms with van der Waals surface area (Å²) in [6, 6.07) is 22.0. The number of amides is 2. The predicted molar refractivity (Wildman–Crippen MR) is 138 cm³/mol. The van der Waals surface area contributed by atoms with E-state index >= 15 is 0 Å². The molecule has 3 aromatic rings. The van der Waals surface area contributed by atoms with Gasteiger partial charge in [-0.1, -0.05) is 48.5 Å². The molecule has 0 saturated heterocycles. The molecule has 7 heteroatoms. The van der Waals surface area contributed by atoms with Gasteiger partial charge in [0.1, 0.15) is 5.75 Å². The van der Waals surface area contributed by atoms with E-state index < -0.39 is 0 Å². The maximum absolute atomic E-state index is 13.4. The number of likely N-dealkylation sites (N-methyl/N-ethyl adjacent to an activating group) is 1. The fraction of sp³-hybridized carbons (Fsp3) is 0.321. The summed E-state index contributed by atoms with van der Waals surface area (Å²) >= 11 is 0. The van der Waals surface area contributed by atoms with Gasteiger partial charge in [0.25, 0.3) is 5.91 Å². The van der Waals surface area contributed by atoms with E-state index in [1.165, 1.54) is 0 Å². The van der Waals surface area contributed by atoms with Gasteiger partial charge in [-0.25, -0.2) is 5.01 Å². The highest BCUT2D eigenvalue weighted by atomic mass is 16.5. The van der Waals surface area contributed by atoms with Crippen LogP contribution >= 0.6 is 0 Å². The molecule has 0 saturated carbocycles. The number of nitrogens with one attached hydrogen (secondary N) is 1. The smallest absolute Gasteiger partial charge is 0.257 e. The van der Waals surface area contributed by atoms with Crippen molar-refractivity contribution in [2.45, 2.75) is 32.4 Å². The van der Waals surface area contributed by atoms with E-state index in [0.29, 0.717) is 6.42 Å². The van der Waals surface area contributed by atoms with Gasteiger partial charge < -0.3 is 10.1 Å². The van der Waals surface area contributed by atoms with Crippen LogP contribution in [0.25, 0.3) is 10.8 Å². The molecule has 1 aliphatic rings. The van der Waals surface area contributed by atoms with Crippen molar-refractivity contribution in [2.24, 2.45) is 5.10 Å². The normalized spacial score (nSPS) is 15.5. The lowest BCUT2D eigenvalue weighted by molar-refractivity contribution is -0.134. The molecule has 4 rings (SSSR count). The zero-order chi connectivity index (χ0) is 24.9. The highest BCUT2D eigenvalue weighted by Gasteiger charge is 2.33. The van der Waals surface area contributed by atoms with E-state index in [1.54, 1.807) is 24.1 Å². The number of fused-ring (bicyclic) bond motifs is 1. The van der Waals surface area contributed by atoms with Crippen LogP contribution in [-0.4, -0.2) is 60.7 Å². The van der Waals surface area contributed by atoms with Crippen molar-refractivity contribution in [2.75, 3.05) is 27.2 Å². The Morgan fingerprint density at radius 2 is 1.77 bits per heavy atom. The quantitative estimate of drug-likeness (QED) is 0.538. The lowest BCUT2D eigenvalue weighted by Crippen LogP contribution is -2.42. The van der Waals surface area contributed by atoms with E-state index in [2.05, 4.69) is 35.6 Å². The van der Waals surface area contributed by atoms with Crippen molar-refractivity contribution in [3.05, 3.63) is 77.9 Å². The topological polar surface area (TPSA) is 74.2 Å². The molecule has 35 heavy (non-hydrogen) atoms. The Bertz CT molecular complexity index is 1240. The zero-order valence-corrected chi connectivity index (χ0v) is 20.7. The van der Waals surface area contributed by atoms with Crippen molar-refractivity contribution >= 4 is 28.3 Å². The maximum Gasteiger partial charge on any atom is 0.257 e. The molecule has 0 aromatic heterocycles. The van der Waals surface area contributed by atoms with Crippen LogP contribution in [0.4, 0.5) is 0 Å². The summed E-state index contributed by atoms with van der Waals surface area (Å²) in [6.45, 7) is 4.06. The number of carbonyl (C=O) groups is 2. The molecule has 0 radical (unpaired) electrons. The van der Waals surface area contributed by atoms with Crippen LogP contribution in [0, 0.1) is 0 Å². The standard InChI is InChI=1S/C28H32N4O3/c1-19(2)29-27(33)17-31(3)18-28(34)32-26(21-11-13-24(35-4)14-12-21)16-25(30-32)23-10-9-20-7-5-6-8-22(20)15-23/h5-15,19,26H,16-18H2,1-4H3,(H,29,33). The van der Waals surface area contributed by atoms with Gasteiger partial charge in [-0.3, -0.25) is 14.5 Å². The first-order chi connectivity index (χ1) is 16.8. The minimum Gasteiger partial charge on any atom is -0.497 e. The molecule has 0 aliphatic carbocycles. The van der Waals surface area contributed by atoms with Crippen LogP contribution in [0.15, 0.2) is 71.8 Å². The van der Waals surface area contributed by atoms with Gasteiger partial charge >= 0.3 is 0 Å². The minimum atomic E-state index is -0.229. The summed E-state index contributed by atoms with van der Waals surface area (Å²) in [5, 5.41) is 11.5. The van der Waals surface area contributed by atoms with Crippen molar-refractivity contribution in [1.29, 1.82) is 0 Å². The number of rotatable bonds is 8. The second-order valence-electron chi connectivity index (χ2n) is 9.23. The van der Waals surface area contributed by atoms with Gasteiger partial charge in [0.2, 0.25) is 5.91 Å². The summed E-state index contributed by atoms with van der Waals surface area (Å²) in [7, 11) is 3.40. The van der Waals surface area contributed by atoms with Gasteiger partial charge in [0.15, 0.2) is 0 Å². The van der Waals surface area contributed by atoms with E-state index in [1.807, 2.05) is 50.2 Å². The number of hydrogen-bond acceptors (Lipinski definition) is 5. The number of hydrogen-bond donors (Lipinski definition) is 1. The molecule has 3 aromatic carbocycles.